The van der Waals surface area contributed by atoms with E-state index < -0.39 is 39.5 Å². The number of anilines is 1. The Hall–Kier alpha value is -3.61. The fraction of sp³-hybridized carbons (Fsp3) is 0.448. The van der Waals surface area contributed by atoms with Gasteiger partial charge in [-0.3, -0.25) is 0 Å². The van der Waals surface area contributed by atoms with Crippen molar-refractivity contribution in [3.63, 3.8) is 0 Å². The number of benzene rings is 2. The van der Waals surface area contributed by atoms with Gasteiger partial charge in [0.25, 0.3) is 0 Å². The van der Waals surface area contributed by atoms with Gasteiger partial charge < -0.3 is 24.7 Å². The second-order valence-corrected chi connectivity index (χ2v) is 14.0. The lowest BCUT2D eigenvalue weighted by Gasteiger charge is -2.60. The molecule has 0 bridgehead atoms. The molecule has 1 aromatic heterocycles. The number of ether oxygens (including phenoxy) is 1. The maximum atomic E-state index is 14.0. The van der Waals surface area contributed by atoms with Crippen molar-refractivity contribution in [1.29, 1.82) is 0 Å². The average Bonchev–Trinajstić information content (AvgIpc) is 3.44. The van der Waals surface area contributed by atoms with Crippen LogP contribution >= 0.6 is 0 Å². The number of nitrogens with zero attached hydrogens (tertiary/aromatic N) is 4. The molecule has 3 saturated heterocycles. The molecule has 1 spiro atoms. The average molecular weight is 583 g/mol. The van der Waals surface area contributed by atoms with Crippen molar-refractivity contribution >= 4 is 38.8 Å². The Labute approximate surface area is 238 Å². The van der Waals surface area contributed by atoms with Crippen LogP contribution in [0, 0.1) is 0 Å². The highest BCUT2D eigenvalue weighted by Gasteiger charge is 2.60. The smallest absolute Gasteiger partial charge is 0.416 e. The third-order valence-corrected chi connectivity index (χ3v) is 10.2. The second-order valence-electron chi connectivity index (χ2n) is 12.2. The number of β-amino-alcohol motifs (C(OH)–C–C–N with tert-alkyl or cyclic N) is 1. The zero-order valence-corrected chi connectivity index (χ0v) is 24.1. The molecular formula is C29H34N4O7S. The molecule has 4 heterocycles. The Kier molecular flexibility index (Phi) is 6.36. The first-order valence-electron chi connectivity index (χ1n) is 13.7. The number of carbonyl (C=O) groups is 2. The summed E-state index contributed by atoms with van der Waals surface area (Å²) in [6.45, 7) is 7.12. The highest BCUT2D eigenvalue weighted by molar-refractivity contribution is 7.89. The Morgan fingerprint density at radius 1 is 1.05 bits per heavy atom. The van der Waals surface area contributed by atoms with Crippen molar-refractivity contribution in [3.8, 4) is 11.3 Å². The monoisotopic (exact) mass is 582 g/mol. The van der Waals surface area contributed by atoms with E-state index in [1.165, 1.54) is 13.8 Å². The SMILES string of the molecule is CC(C)(C)OC(=O)N1CC2(CCN2S(=O)(=O)c2ccc(N3CCC(O)C3)c(-c3cc4ccccc4n3C(=O)O)c2)C1. The van der Waals surface area contributed by atoms with Crippen molar-refractivity contribution < 1.29 is 33.0 Å². The molecule has 0 radical (unpaired) electrons. The highest BCUT2D eigenvalue weighted by Crippen LogP contribution is 2.45. The van der Waals surface area contributed by atoms with Crippen molar-refractivity contribution in [2.24, 2.45) is 0 Å². The van der Waals surface area contributed by atoms with Gasteiger partial charge in [-0.05, 0) is 63.9 Å². The number of likely N-dealkylation sites (tertiary alicyclic amines) is 1. The molecule has 6 rings (SSSR count). The number of hydrogen-bond acceptors (Lipinski definition) is 7. The largest absolute Gasteiger partial charge is 0.464 e. The zero-order chi connectivity index (χ0) is 29.3. The Morgan fingerprint density at radius 3 is 2.39 bits per heavy atom. The van der Waals surface area contributed by atoms with Crippen LogP contribution in [-0.4, -0.2) is 94.6 Å². The predicted molar refractivity (Wildman–Crippen MR) is 153 cm³/mol. The number of aliphatic hydroxyl groups excluding tert-OH is 1. The standard InChI is InChI=1S/C29H34N4O7S/c1-28(2,3)40-27(37)31-17-29(18-31)11-13-32(29)41(38,39)21-8-9-24(30-12-10-20(34)16-30)22(15-21)25-14-19-6-4-5-7-23(19)33(25)26(35)36/h4-9,14-15,20,34H,10-13,16-18H2,1-3H3,(H,35,36). The molecule has 2 N–H and O–H groups in total. The van der Waals surface area contributed by atoms with E-state index in [-0.39, 0.29) is 18.0 Å². The highest BCUT2D eigenvalue weighted by atomic mass is 32.2. The first-order valence-corrected chi connectivity index (χ1v) is 15.2. The molecule has 0 saturated carbocycles. The molecule has 11 nitrogen and oxygen atoms in total. The minimum Gasteiger partial charge on any atom is -0.464 e. The van der Waals surface area contributed by atoms with E-state index in [1.807, 2.05) is 17.0 Å². The molecule has 3 aliphatic rings. The fourth-order valence-electron chi connectivity index (χ4n) is 6.13. The topological polar surface area (TPSA) is 133 Å². The number of rotatable bonds is 4. The van der Waals surface area contributed by atoms with Crippen LogP contribution in [0.15, 0.2) is 53.4 Å². The van der Waals surface area contributed by atoms with Gasteiger partial charge in [0.05, 0.1) is 27.7 Å². The second kappa shape index (κ2) is 9.47. The zero-order valence-electron chi connectivity index (χ0n) is 23.3. The summed E-state index contributed by atoms with van der Waals surface area (Å²) < 4.78 is 36.1. The third kappa shape index (κ3) is 4.63. The number of para-hydroxylation sites is 1. The summed E-state index contributed by atoms with van der Waals surface area (Å²) in [5.41, 5.74) is 0.636. The van der Waals surface area contributed by atoms with Crippen LogP contribution in [0.25, 0.3) is 22.2 Å². The molecule has 0 aliphatic carbocycles. The number of amides is 1. The molecule has 1 unspecified atom stereocenters. The van der Waals surface area contributed by atoms with E-state index in [0.29, 0.717) is 60.3 Å². The quantitative estimate of drug-likeness (QED) is 0.475. The van der Waals surface area contributed by atoms with E-state index in [0.717, 1.165) is 0 Å². The van der Waals surface area contributed by atoms with Gasteiger partial charge in [0.2, 0.25) is 10.0 Å². The maximum absolute atomic E-state index is 14.0. The third-order valence-electron chi connectivity index (χ3n) is 8.17. The van der Waals surface area contributed by atoms with E-state index in [1.54, 1.807) is 57.2 Å². The van der Waals surface area contributed by atoms with Gasteiger partial charge in [0.15, 0.2) is 0 Å². The normalized spacial score (nSPS) is 20.7. The molecule has 3 aliphatic heterocycles. The lowest BCUT2D eigenvalue weighted by Crippen LogP contribution is -2.78. The summed E-state index contributed by atoms with van der Waals surface area (Å²) >= 11 is 0. The number of aliphatic hydroxyl groups is 1. The molecule has 12 heteroatoms. The molecule has 1 amide bonds. The molecular weight excluding hydrogens is 548 g/mol. The van der Waals surface area contributed by atoms with Gasteiger partial charge in [-0.25, -0.2) is 22.6 Å². The number of aromatic nitrogens is 1. The summed E-state index contributed by atoms with van der Waals surface area (Å²) in [6.07, 6.45) is -0.973. The molecule has 2 aromatic carbocycles. The summed E-state index contributed by atoms with van der Waals surface area (Å²) in [6, 6.07) is 13.6. The van der Waals surface area contributed by atoms with Gasteiger partial charge in [-0.1, -0.05) is 18.2 Å². The van der Waals surface area contributed by atoms with Gasteiger partial charge >= 0.3 is 12.2 Å². The molecule has 3 aromatic rings. The van der Waals surface area contributed by atoms with Crippen molar-refractivity contribution in [3.05, 3.63) is 48.5 Å². The Bertz CT molecular complexity index is 1650. The van der Waals surface area contributed by atoms with Crippen LogP contribution < -0.4 is 4.90 Å². The first kappa shape index (κ1) is 27.6. The van der Waals surface area contributed by atoms with Crippen LogP contribution in [0.1, 0.15) is 33.6 Å². The van der Waals surface area contributed by atoms with Crippen LogP contribution in [0.3, 0.4) is 0 Å². The summed E-state index contributed by atoms with van der Waals surface area (Å²) in [5, 5.41) is 21.1. The fourth-order valence-corrected chi connectivity index (χ4v) is 7.94. The molecule has 41 heavy (non-hydrogen) atoms. The van der Waals surface area contributed by atoms with E-state index in [4.69, 9.17) is 4.74 Å². The summed E-state index contributed by atoms with van der Waals surface area (Å²) in [4.78, 5) is 28.5. The van der Waals surface area contributed by atoms with E-state index >= 15 is 0 Å². The van der Waals surface area contributed by atoms with Crippen LogP contribution in [0.2, 0.25) is 0 Å². The van der Waals surface area contributed by atoms with Crippen molar-refractivity contribution in [2.75, 3.05) is 37.6 Å². The minimum absolute atomic E-state index is 0.0491. The molecule has 3 fully saturated rings. The Morgan fingerprint density at radius 2 is 1.78 bits per heavy atom. The molecule has 218 valence electrons. The lowest BCUT2D eigenvalue weighted by molar-refractivity contribution is -0.0781. The summed E-state index contributed by atoms with van der Waals surface area (Å²) in [7, 11) is -3.97. The van der Waals surface area contributed by atoms with E-state index in [2.05, 4.69) is 0 Å². The first-order chi connectivity index (χ1) is 19.3. The van der Waals surface area contributed by atoms with Gasteiger partial charge in [-0.2, -0.15) is 4.31 Å². The van der Waals surface area contributed by atoms with Crippen LogP contribution in [0.5, 0.6) is 0 Å². The molecule has 1 atom stereocenters. The van der Waals surface area contributed by atoms with Crippen LogP contribution in [-0.2, 0) is 14.8 Å². The van der Waals surface area contributed by atoms with E-state index in [9.17, 15) is 28.2 Å². The number of fused-ring (bicyclic) bond motifs is 1. The Balaban J connectivity index is 1.38. The number of hydrogen-bond donors (Lipinski definition) is 2. The van der Waals surface area contributed by atoms with Crippen molar-refractivity contribution in [2.45, 2.75) is 55.8 Å². The lowest BCUT2D eigenvalue weighted by atomic mass is 9.80. The maximum Gasteiger partial charge on any atom is 0.416 e. The van der Waals surface area contributed by atoms with Gasteiger partial charge in [0.1, 0.15) is 5.60 Å². The minimum atomic E-state index is -3.97. The summed E-state index contributed by atoms with van der Waals surface area (Å²) in [5.74, 6) is 0. The van der Waals surface area contributed by atoms with Crippen molar-refractivity contribution in [1.82, 2.24) is 13.8 Å². The number of carboxylic acid groups (broad SMARTS) is 1. The number of sulfonamides is 1. The predicted octanol–water partition coefficient (Wildman–Crippen LogP) is 3.79. The van der Waals surface area contributed by atoms with Crippen LogP contribution in [0.4, 0.5) is 15.3 Å². The van der Waals surface area contributed by atoms with Gasteiger partial charge in [0, 0.05) is 49.4 Å². The number of carbonyl (C=O) groups excluding carboxylic acids is 1. The van der Waals surface area contributed by atoms with Gasteiger partial charge in [-0.15, -0.1) is 0 Å².